The first-order chi connectivity index (χ1) is 11.6. The first-order valence-electron chi connectivity index (χ1n) is 7.87. The van der Waals surface area contributed by atoms with Crippen LogP contribution < -0.4 is 9.47 Å². The maximum Gasteiger partial charge on any atom is 0.227 e. The topological polar surface area (TPSA) is 38.8 Å². The molecule has 24 heavy (non-hydrogen) atoms. The van der Waals surface area contributed by atoms with Crippen LogP contribution in [0.1, 0.15) is 29.3 Å². The fourth-order valence-corrected chi connectivity index (χ4v) is 4.47. The average molecular weight is 410 g/mol. The maximum absolute atomic E-state index is 12.9. The molecule has 6 heteroatoms. The van der Waals surface area contributed by atoms with E-state index in [0.717, 1.165) is 29.4 Å². The van der Waals surface area contributed by atoms with Gasteiger partial charge in [0.05, 0.1) is 26.7 Å². The summed E-state index contributed by atoms with van der Waals surface area (Å²) in [5.74, 6) is 1.44. The van der Waals surface area contributed by atoms with Gasteiger partial charge >= 0.3 is 0 Å². The largest absolute Gasteiger partial charge is 0.493 e. The predicted octanol–water partition coefficient (Wildman–Crippen LogP) is 4.43. The van der Waals surface area contributed by atoms with Crippen LogP contribution in [0.5, 0.6) is 11.5 Å². The molecule has 0 spiro atoms. The first kappa shape index (κ1) is 17.3. The Morgan fingerprint density at radius 1 is 1.33 bits per heavy atom. The van der Waals surface area contributed by atoms with E-state index in [0.29, 0.717) is 17.9 Å². The summed E-state index contributed by atoms with van der Waals surface area (Å²) in [7, 11) is 3.20. The minimum Gasteiger partial charge on any atom is -0.493 e. The van der Waals surface area contributed by atoms with Crippen molar-refractivity contribution in [3.63, 3.8) is 0 Å². The van der Waals surface area contributed by atoms with Gasteiger partial charge in [-0.15, -0.1) is 11.3 Å². The lowest BCUT2D eigenvalue weighted by Gasteiger charge is -2.24. The van der Waals surface area contributed by atoms with Crippen LogP contribution in [-0.4, -0.2) is 31.6 Å². The summed E-state index contributed by atoms with van der Waals surface area (Å²) in [6.45, 7) is 0.826. The van der Waals surface area contributed by atoms with Crippen molar-refractivity contribution in [2.24, 2.45) is 0 Å². The number of hydrogen-bond acceptors (Lipinski definition) is 4. The number of nitrogens with zero attached hydrogens (tertiary/aromatic N) is 1. The molecule has 1 fully saturated rings. The second kappa shape index (κ2) is 7.57. The normalized spacial score (nSPS) is 17.1. The van der Waals surface area contributed by atoms with Gasteiger partial charge < -0.3 is 14.4 Å². The molecule has 0 saturated carbocycles. The summed E-state index contributed by atoms with van der Waals surface area (Å²) in [4.78, 5) is 16.1. The quantitative estimate of drug-likeness (QED) is 0.732. The smallest absolute Gasteiger partial charge is 0.227 e. The Labute approximate surface area is 154 Å². The van der Waals surface area contributed by atoms with Gasteiger partial charge in [-0.2, -0.15) is 0 Å². The summed E-state index contributed by atoms with van der Waals surface area (Å²) in [6.07, 6.45) is 2.45. The summed E-state index contributed by atoms with van der Waals surface area (Å²) >= 11 is 5.26. The van der Waals surface area contributed by atoms with Gasteiger partial charge in [0.15, 0.2) is 11.5 Å². The number of carbonyl (C=O) groups is 1. The van der Waals surface area contributed by atoms with Crippen molar-refractivity contribution in [2.75, 3.05) is 20.8 Å². The highest BCUT2D eigenvalue weighted by molar-refractivity contribution is 9.10. The number of carbonyl (C=O) groups excluding carboxylic acids is 1. The number of thiophene rings is 1. The van der Waals surface area contributed by atoms with Crippen molar-refractivity contribution in [1.29, 1.82) is 0 Å². The van der Waals surface area contributed by atoms with Crippen molar-refractivity contribution in [2.45, 2.75) is 25.3 Å². The average Bonchev–Trinajstić information content (AvgIpc) is 3.26. The molecular weight excluding hydrogens is 390 g/mol. The van der Waals surface area contributed by atoms with E-state index in [1.807, 2.05) is 23.1 Å². The summed E-state index contributed by atoms with van der Waals surface area (Å²) in [6, 6.07) is 8.11. The zero-order valence-corrected chi connectivity index (χ0v) is 16.2. The van der Waals surface area contributed by atoms with Gasteiger partial charge in [0.1, 0.15) is 0 Å². The molecule has 2 heterocycles. The van der Waals surface area contributed by atoms with Crippen LogP contribution in [0.2, 0.25) is 0 Å². The van der Waals surface area contributed by atoms with Gasteiger partial charge in [-0.25, -0.2) is 0 Å². The Morgan fingerprint density at radius 3 is 2.75 bits per heavy atom. The van der Waals surface area contributed by atoms with E-state index in [1.54, 1.807) is 25.6 Å². The second-order valence-electron chi connectivity index (χ2n) is 5.74. The van der Waals surface area contributed by atoms with Crippen LogP contribution >= 0.6 is 27.3 Å². The van der Waals surface area contributed by atoms with E-state index in [1.165, 1.54) is 4.88 Å². The molecular formula is C18H20BrNO3S. The van der Waals surface area contributed by atoms with Crippen molar-refractivity contribution >= 4 is 33.2 Å². The predicted molar refractivity (Wildman–Crippen MR) is 99.0 cm³/mol. The lowest BCUT2D eigenvalue weighted by molar-refractivity contribution is -0.131. The molecule has 0 N–H and O–H groups in total. The van der Waals surface area contributed by atoms with Crippen LogP contribution in [-0.2, 0) is 11.2 Å². The molecule has 128 valence electrons. The first-order valence-corrected chi connectivity index (χ1v) is 9.54. The zero-order valence-electron chi connectivity index (χ0n) is 13.8. The lowest BCUT2D eigenvalue weighted by Crippen LogP contribution is -2.31. The number of benzene rings is 1. The van der Waals surface area contributed by atoms with Crippen LogP contribution in [0.25, 0.3) is 0 Å². The molecule has 1 amide bonds. The van der Waals surface area contributed by atoms with Crippen LogP contribution in [0, 0.1) is 0 Å². The standard InChI is InChI=1S/C18H20BrNO3S/c1-22-15-9-12(13(19)11-16(15)23-2)10-18(21)20-7-3-5-14(20)17-6-4-8-24-17/h4,6,8-9,11,14H,3,5,7,10H2,1-2H3/t14-/m0/s1. The Hall–Kier alpha value is -1.53. The molecule has 0 bridgehead atoms. The minimum atomic E-state index is 0.152. The van der Waals surface area contributed by atoms with Crippen molar-refractivity contribution < 1.29 is 14.3 Å². The summed E-state index contributed by atoms with van der Waals surface area (Å²) in [5, 5.41) is 2.07. The molecule has 0 unspecified atom stereocenters. The Morgan fingerprint density at radius 2 is 2.08 bits per heavy atom. The van der Waals surface area contributed by atoms with Gasteiger partial charge in [0.2, 0.25) is 5.91 Å². The SMILES string of the molecule is COc1cc(Br)c(CC(=O)N2CCC[C@H]2c2cccs2)cc1OC. The monoisotopic (exact) mass is 409 g/mol. The molecule has 1 atom stereocenters. The fraction of sp³-hybridized carbons (Fsp3) is 0.389. The fourth-order valence-electron chi connectivity index (χ4n) is 3.14. The number of hydrogen-bond donors (Lipinski definition) is 0. The van der Waals surface area contributed by atoms with Gasteiger partial charge in [0, 0.05) is 15.9 Å². The highest BCUT2D eigenvalue weighted by Gasteiger charge is 2.30. The van der Waals surface area contributed by atoms with E-state index >= 15 is 0 Å². The van der Waals surface area contributed by atoms with Gasteiger partial charge in [-0.3, -0.25) is 4.79 Å². The number of amides is 1. The number of methoxy groups -OCH3 is 2. The third-order valence-corrected chi connectivity index (χ3v) is 6.05. The van der Waals surface area contributed by atoms with Gasteiger partial charge in [-0.05, 0) is 42.0 Å². The Bertz CT molecular complexity index is 717. The third kappa shape index (κ3) is 3.44. The Balaban J connectivity index is 1.79. The molecule has 1 aromatic heterocycles. The van der Waals surface area contributed by atoms with E-state index in [-0.39, 0.29) is 11.9 Å². The van der Waals surface area contributed by atoms with Crippen LogP contribution in [0.3, 0.4) is 0 Å². The molecule has 2 aromatic rings. The van der Waals surface area contributed by atoms with Crippen LogP contribution in [0.4, 0.5) is 0 Å². The maximum atomic E-state index is 12.9. The highest BCUT2D eigenvalue weighted by Crippen LogP contribution is 2.37. The third-order valence-electron chi connectivity index (χ3n) is 4.34. The summed E-state index contributed by atoms with van der Waals surface area (Å²) in [5.41, 5.74) is 0.912. The van der Waals surface area contributed by atoms with E-state index in [2.05, 4.69) is 27.4 Å². The molecule has 4 nitrogen and oxygen atoms in total. The van der Waals surface area contributed by atoms with Crippen LogP contribution in [0.15, 0.2) is 34.1 Å². The van der Waals surface area contributed by atoms with Gasteiger partial charge in [0.25, 0.3) is 0 Å². The molecule has 1 saturated heterocycles. The van der Waals surface area contributed by atoms with Crippen molar-refractivity contribution in [3.05, 3.63) is 44.6 Å². The number of ether oxygens (including phenoxy) is 2. The van der Waals surface area contributed by atoms with E-state index in [9.17, 15) is 4.79 Å². The number of rotatable bonds is 5. The molecule has 0 radical (unpaired) electrons. The van der Waals surface area contributed by atoms with E-state index in [4.69, 9.17) is 9.47 Å². The van der Waals surface area contributed by atoms with Gasteiger partial charge in [-0.1, -0.05) is 22.0 Å². The molecule has 1 aliphatic rings. The molecule has 1 aromatic carbocycles. The molecule has 3 rings (SSSR count). The molecule has 0 aliphatic carbocycles. The zero-order chi connectivity index (χ0) is 17.1. The lowest BCUT2D eigenvalue weighted by atomic mass is 10.1. The summed E-state index contributed by atoms with van der Waals surface area (Å²) < 4.78 is 11.5. The Kier molecular flexibility index (Phi) is 5.46. The van der Waals surface area contributed by atoms with Crippen molar-refractivity contribution in [3.8, 4) is 11.5 Å². The number of likely N-dealkylation sites (tertiary alicyclic amines) is 1. The highest BCUT2D eigenvalue weighted by atomic mass is 79.9. The molecule has 1 aliphatic heterocycles. The minimum absolute atomic E-state index is 0.152. The second-order valence-corrected chi connectivity index (χ2v) is 7.57. The van der Waals surface area contributed by atoms with E-state index < -0.39 is 0 Å². The van der Waals surface area contributed by atoms with Crippen molar-refractivity contribution in [1.82, 2.24) is 4.90 Å². The number of halogens is 1.